The molecule has 4 aliphatic heterocycles. The van der Waals surface area contributed by atoms with Crippen molar-refractivity contribution in [1.82, 2.24) is 4.90 Å². The smallest absolute Gasteiger partial charge is 0.179 e. The zero-order valence-electron chi connectivity index (χ0n) is 28.7. The number of anilines is 1. The molecule has 3 saturated heterocycles. The van der Waals surface area contributed by atoms with Crippen LogP contribution in [0.4, 0.5) is 5.69 Å². The predicted octanol–water partition coefficient (Wildman–Crippen LogP) is 3.10. The molecule has 0 amide bonds. The lowest BCUT2D eigenvalue weighted by Gasteiger charge is -2.50. The molecule has 3 fully saturated rings. The van der Waals surface area contributed by atoms with Crippen LogP contribution < -0.4 is 22.0 Å². The number of halogens is 1. The molecule has 2 aromatic carbocycles. The zero-order chi connectivity index (χ0) is 32.1. The number of fused-ring (bicyclic) bond motifs is 4. The van der Waals surface area contributed by atoms with Gasteiger partial charge in [-0.3, -0.25) is 4.90 Å². The number of piperazine rings is 3. The van der Waals surface area contributed by atoms with Gasteiger partial charge in [-0.25, -0.2) is 8.42 Å². The van der Waals surface area contributed by atoms with E-state index in [-0.39, 0.29) is 18.2 Å². The Kier molecular flexibility index (Phi) is 12.9. The summed E-state index contributed by atoms with van der Waals surface area (Å²) in [5.74, 6) is 0.379. The first-order valence-electron chi connectivity index (χ1n) is 17.6. The molecule has 258 valence electrons. The van der Waals surface area contributed by atoms with Crippen LogP contribution in [0.3, 0.4) is 0 Å². The lowest BCUT2D eigenvalue weighted by Crippen LogP contribution is -3.00. The van der Waals surface area contributed by atoms with Crippen molar-refractivity contribution in [3.05, 3.63) is 53.6 Å². The molecule has 2 bridgehead atoms. The molecule has 1 N–H and O–H groups in total. The third kappa shape index (κ3) is 8.23. The number of hydrogen-bond donors (Lipinski definition) is 1. The van der Waals surface area contributed by atoms with Gasteiger partial charge in [0.15, 0.2) is 9.84 Å². The van der Waals surface area contributed by atoms with Crippen molar-refractivity contribution < 1.29 is 35.2 Å². The standard InChI is InChI=1S/C37H58N3O4S.ClH/c1-5-7-18-37(19-8-6-2)29-45(42,43)34-17-14-31(38(3)4)28-33(34)35(36(37)41)30-12-15-32(16-13-30)44-27-11-9-10-23-40-24-20-39(21-25-40)22-26-40;/h12-17,28,35-36,41H,5-11,18-27,29H2,1-4H3;1H/q+1;/p-1/t35-,36-;/m1./s1. The molecular formula is C37H58ClN3O4S. The summed E-state index contributed by atoms with van der Waals surface area (Å²) < 4.78 is 35.6. The Balaban J connectivity index is 0.00000480. The first-order chi connectivity index (χ1) is 21.6. The van der Waals surface area contributed by atoms with Crippen LogP contribution in [0.1, 0.15) is 88.7 Å². The van der Waals surface area contributed by atoms with Crippen LogP contribution in [-0.4, -0.2) is 101 Å². The van der Waals surface area contributed by atoms with Gasteiger partial charge in [0, 0.05) is 50.7 Å². The maximum Gasteiger partial charge on any atom is 0.179 e. The second kappa shape index (κ2) is 16.0. The molecule has 7 nitrogen and oxygen atoms in total. The number of quaternary nitrogens is 1. The predicted molar refractivity (Wildman–Crippen MR) is 184 cm³/mol. The first kappa shape index (κ1) is 37.0. The van der Waals surface area contributed by atoms with Crippen LogP contribution in [-0.2, 0) is 9.84 Å². The van der Waals surface area contributed by atoms with Crippen LogP contribution in [0.25, 0.3) is 0 Å². The third-order valence-corrected chi connectivity index (χ3v) is 13.1. The van der Waals surface area contributed by atoms with E-state index in [2.05, 4.69) is 18.7 Å². The van der Waals surface area contributed by atoms with Gasteiger partial charge in [0.05, 0.1) is 49.5 Å². The molecule has 0 spiro atoms. The maximum absolute atomic E-state index is 14.1. The Morgan fingerprint density at radius 1 is 0.913 bits per heavy atom. The quantitative estimate of drug-likeness (QED) is 0.231. The van der Waals surface area contributed by atoms with Gasteiger partial charge in [0.1, 0.15) is 5.75 Å². The highest BCUT2D eigenvalue weighted by molar-refractivity contribution is 7.91. The highest BCUT2D eigenvalue weighted by atomic mass is 35.5. The van der Waals surface area contributed by atoms with Gasteiger partial charge in [-0.2, -0.15) is 0 Å². The summed E-state index contributed by atoms with van der Waals surface area (Å²) in [4.78, 5) is 4.96. The van der Waals surface area contributed by atoms with Crippen molar-refractivity contribution in [2.24, 2.45) is 5.41 Å². The van der Waals surface area contributed by atoms with Crippen LogP contribution >= 0.6 is 0 Å². The number of aliphatic hydroxyl groups excluding tert-OH is 1. The second-order valence-corrected chi connectivity index (χ2v) is 16.4. The van der Waals surface area contributed by atoms with Gasteiger partial charge in [0.25, 0.3) is 0 Å². The number of benzene rings is 2. The third-order valence-electron chi connectivity index (χ3n) is 11.1. The average Bonchev–Trinajstić information content (AvgIpc) is 3.12. The molecule has 4 aliphatic rings. The van der Waals surface area contributed by atoms with Crippen molar-refractivity contribution >= 4 is 15.5 Å². The van der Waals surface area contributed by atoms with Crippen molar-refractivity contribution in [1.29, 1.82) is 0 Å². The van der Waals surface area contributed by atoms with Gasteiger partial charge >= 0.3 is 0 Å². The lowest BCUT2D eigenvalue weighted by atomic mass is 9.68. The Morgan fingerprint density at radius 3 is 2.13 bits per heavy atom. The van der Waals surface area contributed by atoms with Crippen molar-refractivity contribution in [2.45, 2.75) is 88.6 Å². The van der Waals surface area contributed by atoms with Crippen LogP contribution in [0.2, 0.25) is 0 Å². The number of rotatable bonds is 15. The van der Waals surface area contributed by atoms with Crippen molar-refractivity contribution in [3.8, 4) is 5.75 Å². The van der Waals surface area contributed by atoms with Gasteiger partial charge in [-0.15, -0.1) is 0 Å². The molecule has 2 atom stereocenters. The number of sulfone groups is 1. The summed E-state index contributed by atoms with van der Waals surface area (Å²) >= 11 is 0. The largest absolute Gasteiger partial charge is 1.00 e. The molecule has 0 unspecified atom stereocenters. The molecule has 2 aromatic rings. The molecule has 4 heterocycles. The Morgan fingerprint density at radius 2 is 1.54 bits per heavy atom. The minimum atomic E-state index is -3.61. The van der Waals surface area contributed by atoms with Gasteiger partial charge < -0.3 is 31.6 Å². The molecule has 0 saturated carbocycles. The summed E-state index contributed by atoms with van der Waals surface area (Å²) in [7, 11) is 0.325. The minimum absolute atomic E-state index is 0. The van der Waals surface area contributed by atoms with Crippen molar-refractivity contribution in [2.75, 3.05) is 77.2 Å². The summed E-state index contributed by atoms with van der Waals surface area (Å²) in [5, 5.41) is 12.4. The monoisotopic (exact) mass is 675 g/mol. The average molecular weight is 676 g/mol. The fourth-order valence-electron chi connectivity index (χ4n) is 8.14. The van der Waals surface area contributed by atoms with Crippen LogP contribution in [0.5, 0.6) is 5.75 Å². The molecule has 0 radical (unpaired) electrons. The molecule has 6 rings (SSSR count). The van der Waals surface area contributed by atoms with Gasteiger partial charge in [-0.05, 0) is 73.6 Å². The Hall–Kier alpha value is -1.84. The normalized spacial score (nSPS) is 26.1. The summed E-state index contributed by atoms with van der Waals surface area (Å²) in [6.45, 7) is 14.1. The Labute approximate surface area is 285 Å². The lowest BCUT2D eigenvalue weighted by molar-refractivity contribution is -0.941. The highest BCUT2D eigenvalue weighted by Gasteiger charge is 2.49. The summed E-state index contributed by atoms with van der Waals surface area (Å²) in [5.41, 5.74) is 1.88. The van der Waals surface area contributed by atoms with Crippen LogP contribution in [0.15, 0.2) is 47.4 Å². The number of hydrogen-bond acceptors (Lipinski definition) is 6. The highest BCUT2D eigenvalue weighted by Crippen LogP contribution is 2.50. The van der Waals surface area contributed by atoms with E-state index in [9.17, 15) is 13.5 Å². The topological polar surface area (TPSA) is 70.1 Å². The van der Waals surface area contributed by atoms with E-state index in [4.69, 9.17) is 4.74 Å². The van der Waals surface area contributed by atoms with E-state index < -0.39 is 27.3 Å². The van der Waals surface area contributed by atoms with E-state index in [0.29, 0.717) is 29.9 Å². The van der Waals surface area contributed by atoms with E-state index in [1.807, 2.05) is 55.4 Å². The van der Waals surface area contributed by atoms with Gasteiger partial charge in [0.2, 0.25) is 0 Å². The van der Waals surface area contributed by atoms with Crippen LogP contribution in [0, 0.1) is 5.41 Å². The molecule has 46 heavy (non-hydrogen) atoms. The number of ether oxygens (including phenoxy) is 1. The van der Waals surface area contributed by atoms with E-state index in [0.717, 1.165) is 49.1 Å². The molecule has 0 aliphatic carbocycles. The number of aliphatic hydroxyl groups is 1. The maximum atomic E-state index is 14.1. The minimum Gasteiger partial charge on any atom is -1.00 e. The Bertz CT molecular complexity index is 1340. The zero-order valence-corrected chi connectivity index (χ0v) is 30.3. The fraction of sp³-hybridized carbons (Fsp3) is 0.676. The SMILES string of the molecule is CCCCC1(CCCC)CS(=O)(=O)c2ccc(N(C)C)cc2[C@@H](c2ccc(OCCCCC[N+]34CCN(CC3)CC4)cc2)[C@H]1O.[Cl-]. The van der Waals surface area contributed by atoms with Crippen molar-refractivity contribution in [3.63, 3.8) is 0 Å². The second-order valence-electron chi connectivity index (χ2n) is 14.4. The number of unbranched alkanes of at least 4 members (excludes halogenated alkanes) is 4. The molecule has 0 aromatic heterocycles. The van der Waals surface area contributed by atoms with Gasteiger partial charge in [-0.1, -0.05) is 51.7 Å². The number of nitrogens with zero attached hydrogens (tertiary/aromatic N) is 3. The molecular weight excluding hydrogens is 618 g/mol. The summed E-state index contributed by atoms with van der Waals surface area (Å²) in [6.07, 6.45) is 7.81. The van der Waals surface area contributed by atoms with E-state index in [1.54, 1.807) is 6.07 Å². The molecule has 9 heteroatoms. The first-order valence-corrected chi connectivity index (χ1v) is 19.3. The summed E-state index contributed by atoms with van der Waals surface area (Å²) in [6, 6.07) is 13.7. The van der Waals surface area contributed by atoms with E-state index >= 15 is 0 Å². The van der Waals surface area contributed by atoms with E-state index in [1.165, 1.54) is 63.1 Å². The fourth-order valence-corrected chi connectivity index (χ4v) is 10.3.